The van der Waals surface area contributed by atoms with Crippen molar-refractivity contribution in [3.8, 4) is 11.5 Å². The van der Waals surface area contributed by atoms with Crippen LogP contribution in [0.5, 0.6) is 11.5 Å². The first-order chi connectivity index (χ1) is 9.26. The van der Waals surface area contributed by atoms with E-state index in [0.29, 0.717) is 11.3 Å². The Labute approximate surface area is 128 Å². The molecule has 114 valence electrons. The minimum absolute atomic E-state index is 0.0341. The molecular formula is C17H27ClO2. The fourth-order valence-corrected chi connectivity index (χ4v) is 3.17. The standard InChI is InChI=1S/C17H27ClO2/c1-12(11-17(2,3)4)9-15(18)14-8-7-13(19-5)10-16(14)20-6/h7-8,10,12,15H,9,11H2,1-6H3. The van der Waals surface area contributed by atoms with Gasteiger partial charge in [0.15, 0.2) is 0 Å². The lowest BCUT2D eigenvalue weighted by Crippen LogP contribution is -2.12. The maximum atomic E-state index is 6.59. The lowest BCUT2D eigenvalue weighted by atomic mass is 9.83. The Kier molecular flexibility index (Phi) is 6.19. The van der Waals surface area contributed by atoms with Gasteiger partial charge in [0, 0.05) is 11.6 Å². The van der Waals surface area contributed by atoms with Gasteiger partial charge in [-0.3, -0.25) is 0 Å². The highest BCUT2D eigenvalue weighted by Gasteiger charge is 2.21. The summed E-state index contributed by atoms with van der Waals surface area (Å²) >= 11 is 6.59. The van der Waals surface area contributed by atoms with Gasteiger partial charge >= 0.3 is 0 Å². The fourth-order valence-electron chi connectivity index (χ4n) is 2.69. The van der Waals surface area contributed by atoms with Crippen LogP contribution in [0, 0.1) is 11.3 Å². The van der Waals surface area contributed by atoms with Crippen molar-refractivity contribution in [3.05, 3.63) is 23.8 Å². The lowest BCUT2D eigenvalue weighted by Gasteiger charge is -2.25. The molecule has 0 bridgehead atoms. The van der Waals surface area contributed by atoms with Gasteiger partial charge in [-0.25, -0.2) is 0 Å². The van der Waals surface area contributed by atoms with Crippen molar-refractivity contribution in [1.29, 1.82) is 0 Å². The minimum Gasteiger partial charge on any atom is -0.497 e. The van der Waals surface area contributed by atoms with Crippen molar-refractivity contribution in [2.75, 3.05) is 14.2 Å². The molecular weight excluding hydrogens is 272 g/mol. The minimum atomic E-state index is -0.0341. The molecule has 0 N–H and O–H groups in total. The Bertz CT molecular complexity index is 423. The number of rotatable bonds is 6. The average Bonchev–Trinajstić information content (AvgIpc) is 2.35. The van der Waals surface area contributed by atoms with E-state index in [2.05, 4.69) is 27.7 Å². The van der Waals surface area contributed by atoms with E-state index >= 15 is 0 Å². The van der Waals surface area contributed by atoms with E-state index < -0.39 is 0 Å². The fraction of sp³-hybridized carbons (Fsp3) is 0.647. The van der Waals surface area contributed by atoms with Gasteiger partial charge in [0.25, 0.3) is 0 Å². The zero-order valence-electron chi connectivity index (χ0n) is 13.5. The Morgan fingerprint density at radius 3 is 2.30 bits per heavy atom. The van der Waals surface area contributed by atoms with Crippen molar-refractivity contribution in [3.63, 3.8) is 0 Å². The zero-order chi connectivity index (χ0) is 15.3. The lowest BCUT2D eigenvalue weighted by molar-refractivity contribution is 0.294. The monoisotopic (exact) mass is 298 g/mol. The van der Waals surface area contributed by atoms with Crippen LogP contribution < -0.4 is 9.47 Å². The first kappa shape index (κ1) is 17.2. The Hall–Kier alpha value is -0.890. The number of ether oxygens (including phenoxy) is 2. The normalized spacial score (nSPS) is 14.8. The van der Waals surface area contributed by atoms with Crippen molar-refractivity contribution in [2.24, 2.45) is 11.3 Å². The van der Waals surface area contributed by atoms with Gasteiger partial charge in [0.1, 0.15) is 11.5 Å². The van der Waals surface area contributed by atoms with Crippen LogP contribution in [0.3, 0.4) is 0 Å². The number of halogens is 1. The van der Waals surface area contributed by atoms with Crippen molar-refractivity contribution in [2.45, 2.75) is 45.9 Å². The van der Waals surface area contributed by atoms with Crippen LogP contribution >= 0.6 is 11.6 Å². The summed E-state index contributed by atoms with van der Waals surface area (Å²) in [5, 5.41) is -0.0341. The molecule has 0 aliphatic rings. The van der Waals surface area contributed by atoms with Crippen LogP contribution in [0.2, 0.25) is 0 Å². The molecule has 3 heteroatoms. The van der Waals surface area contributed by atoms with E-state index in [1.807, 2.05) is 18.2 Å². The Morgan fingerprint density at radius 1 is 1.15 bits per heavy atom. The molecule has 0 fully saturated rings. The second-order valence-electron chi connectivity index (χ2n) is 6.68. The van der Waals surface area contributed by atoms with Crippen molar-refractivity contribution < 1.29 is 9.47 Å². The highest BCUT2D eigenvalue weighted by Crippen LogP contribution is 2.38. The van der Waals surface area contributed by atoms with Crippen LogP contribution in [-0.4, -0.2) is 14.2 Å². The average molecular weight is 299 g/mol. The summed E-state index contributed by atoms with van der Waals surface area (Å²) in [6.07, 6.45) is 2.11. The molecule has 2 unspecified atom stereocenters. The largest absolute Gasteiger partial charge is 0.497 e. The van der Waals surface area contributed by atoms with E-state index in [9.17, 15) is 0 Å². The molecule has 0 heterocycles. The van der Waals surface area contributed by atoms with E-state index in [4.69, 9.17) is 21.1 Å². The molecule has 0 amide bonds. The summed E-state index contributed by atoms with van der Waals surface area (Å²) in [5.74, 6) is 2.16. The molecule has 0 saturated heterocycles. The molecule has 1 aromatic rings. The molecule has 0 saturated carbocycles. The molecule has 0 aliphatic carbocycles. The second-order valence-corrected chi connectivity index (χ2v) is 7.21. The number of alkyl halides is 1. The third kappa shape index (κ3) is 5.24. The van der Waals surface area contributed by atoms with Gasteiger partial charge in [-0.2, -0.15) is 0 Å². The third-order valence-electron chi connectivity index (χ3n) is 3.35. The van der Waals surface area contributed by atoms with Crippen LogP contribution in [0.25, 0.3) is 0 Å². The van der Waals surface area contributed by atoms with E-state index in [1.54, 1.807) is 14.2 Å². The molecule has 1 aromatic carbocycles. The number of methoxy groups -OCH3 is 2. The quantitative estimate of drug-likeness (QED) is 0.650. The topological polar surface area (TPSA) is 18.5 Å². The molecule has 2 nitrogen and oxygen atoms in total. The first-order valence-electron chi connectivity index (χ1n) is 7.13. The molecule has 0 aromatic heterocycles. The number of hydrogen-bond acceptors (Lipinski definition) is 2. The smallest absolute Gasteiger partial charge is 0.127 e. The van der Waals surface area contributed by atoms with Gasteiger partial charge in [-0.1, -0.05) is 33.8 Å². The molecule has 0 spiro atoms. The van der Waals surface area contributed by atoms with E-state index in [1.165, 1.54) is 0 Å². The Morgan fingerprint density at radius 2 is 1.80 bits per heavy atom. The van der Waals surface area contributed by atoms with E-state index in [-0.39, 0.29) is 5.38 Å². The maximum Gasteiger partial charge on any atom is 0.127 e. The van der Waals surface area contributed by atoms with Crippen LogP contribution in [0.4, 0.5) is 0 Å². The second kappa shape index (κ2) is 7.21. The summed E-state index contributed by atoms with van der Waals surface area (Å²) < 4.78 is 10.6. The predicted molar refractivity (Wildman–Crippen MR) is 86.0 cm³/mol. The molecule has 0 radical (unpaired) electrons. The number of benzene rings is 1. The molecule has 1 rings (SSSR count). The van der Waals surface area contributed by atoms with Crippen LogP contribution in [-0.2, 0) is 0 Å². The molecule has 20 heavy (non-hydrogen) atoms. The van der Waals surface area contributed by atoms with E-state index in [0.717, 1.165) is 29.9 Å². The number of hydrogen-bond donors (Lipinski definition) is 0. The van der Waals surface area contributed by atoms with Crippen LogP contribution in [0.1, 0.15) is 51.5 Å². The van der Waals surface area contributed by atoms with Crippen molar-refractivity contribution >= 4 is 11.6 Å². The van der Waals surface area contributed by atoms with Gasteiger partial charge < -0.3 is 9.47 Å². The molecule has 2 atom stereocenters. The summed E-state index contributed by atoms with van der Waals surface area (Å²) in [7, 11) is 3.32. The highest BCUT2D eigenvalue weighted by atomic mass is 35.5. The van der Waals surface area contributed by atoms with Gasteiger partial charge in [0.05, 0.1) is 19.6 Å². The van der Waals surface area contributed by atoms with Gasteiger partial charge in [-0.05, 0) is 30.2 Å². The van der Waals surface area contributed by atoms with Crippen LogP contribution in [0.15, 0.2) is 18.2 Å². The summed E-state index contributed by atoms with van der Waals surface area (Å²) in [6, 6.07) is 5.82. The van der Waals surface area contributed by atoms with Gasteiger partial charge in [-0.15, -0.1) is 11.6 Å². The summed E-state index contributed by atoms with van der Waals surface area (Å²) in [5.41, 5.74) is 1.37. The predicted octanol–water partition coefficient (Wildman–Crippen LogP) is 5.45. The summed E-state index contributed by atoms with van der Waals surface area (Å²) in [6.45, 7) is 9.05. The summed E-state index contributed by atoms with van der Waals surface area (Å²) in [4.78, 5) is 0. The maximum absolute atomic E-state index is 6.59. The van der Waals surface area contributed by atoms with Gasteiger partial charge in [0.2, 0.25) is 0 Å². The zero-order valence-corrected chi connectivity index (χ0v) is 14.3. The van der Waals surface area contributed by atoms with Crippen molar-refractivity contribution in [1.82, 2.24) is 0 Å². The highest BCUT2D eigenvalue weighted by molar-refractivity contribution is 6.21. The molecule has 0 aliphatic heterocycles. The SMILES string of the molecule is COc1ccc(C(Cl)CC(C)CC(C)(C)C)c(OC)c1. The first-order valence-corrected chi connectivity index (χ1v) is 7.56. The third-order valence-corrected chi connectivity index (χ3v) is 3.76. The Balaban J connectivity index is 2.79.